The molecule has 0 unspecified atom stereocenters. The van der Waals surface area contributed by atoms with Crippen LogP contribution in [0.5, 0.6) is 0 Å². The number of nitro benzene ring substituents is 1. The van der Waals surface area contributed by atoms with Crippen molar-refractivity contribution in [3.63, 3.8) is 0 Å². The summed E-state index contributed by atoms with van der Waals surface area (Å²) < 4.78 is 36.2. The number of benzene rings is 1. The molecule has 0 radical (unpaired) electrons. The number of nitrogens with zero attached hydrogens (tertiary/aromatic N) is 1. The van der Waals surface area contributed by atoms with Crippen molar-refractivity contribution in [3.05, 3.63) is 34.1 Å². The number of halogens is 1. The van der Waals surface area contributed by atoms with Crippen LogP contribution in [0.3, 0.4) is 0 Å². The first-order chi connectivity index (χ1) is 8.89. The van der Waals surface area contributed by atoms with Gasteiger partial charge in [-0.1, -0.05) is 6.07 Å². The molecule has 1 aromatic rings. The SMILES string of the molecule is O=[N+]([O-])c1cccc(F)c1NC1CCS(=O)(=O)CC1. The predicted molar refractivity (Wildman–Crippen MR) is 68.4 cm³/mol. The molecule has 1 N–H and O–H groups in total. The van der Waals surface area contributed by atoms with E-state index in [1.807, 2.05) is 0 Å². The van der Waals surface area contributed by atoms with Crippen molar-refractivity contribution < 1.29 is 17.7 Å². The molecule has 1 heterocycles. The van der Waals surface area contributed by atoms with E-state index in [0.29, 0.717) is 12.8 Å². The van der Waals surface area contributed by atoms with E-state index in [0.717, 1.165) is 6.07 Å². The zero-order valence-corrected chi connectivity index (χ0v) is 10.8. The molecule has 1 aromatic carbocycles. The van der Waals surface area contributed by atoms with Gasteiger partial charge in [-0.15, -0.1) is 0 Å². The Morgan fingerprint density at radius 1 is 1.32 bits per heavy atom. The lowest BCUT2D eigenvalue weighted by Crippen LogP contribution is -2.32. The molecule has 0 aromatic heterocycles. The third kappa shape index (κ3) is 3.19. The van der Waals surface area contributed by atoms with Gasteiger partial charge in [-0.05, 0) is 18.9 Å². The Labute approximate surface area is 109 Å². The van der Waals surface area contributed by atoms with Crippen LogP contribution in [0.4, 0.5) is 15.8 Å². The second-order valence-corrected chi connectivity index (χ2v) is 6.77. The largest absolute Gasteiger partial charge is 0.374 e. The quantitative estimate of drug-likeness (QED) is 0.675. The summed E-state index contributed by atoms with van der Waals surface area (Å²) in [5.74, 6) is -0.664. The summed E-state index contributed by atoms with van der Waals surface area (Å²) >= 11 is 0. The summed E-state index contributed by atoms with van der Waals surface area (Å²) in [6.07, 6.45) is 0.654. The van der Waals surface area contributed by atoms with E-state index in [4.69, 9.17) is 0 Å². The van der Waals surface area contributed by atoms with Crippen LogP contribution in [-0.2, 0) is 9.84 Å². The summed E-state index contributed by atoms with van der Waals surface area (Å²) in [6, 6.07) is 3.35. The Balaban J connectivity index is 2.18. The average molecular weight is 288 g/mol. The van der Waals surface area contributed by atoms with Gasteiger partial charge < -0.3 is 5.32 Å². The Morgan fingerprint density at radius 3 is 2.53 bits per heavy atom. The minimum Gasteiger partial charge on any atom is -0.374 e. The summed E-state index contributed by atoms with van der Waals surface area (Å²) in [7, 11) is -3.01. The second kappa shape index (κ2) is 5.12. The molecule has 0 amide bonds. The van der Waals surface area contributed by atoms with Crippen molar-refractivity contribution in [2.45, 2.75) is 18.9 Å². The molecule has 1 saturated heterocycles. The number of anilines is 1. The van der Waals surface area contributed by atoms with Gasteiger partial charge in [-0.3, -0.25) is 10.1 Å². The van der Waals surface area contributed by atoms with Crippen LogP contribution in [0.2, 0.25) is 0 Å². The molecule has 0 saturated carbocycles. The highest BCUT2D eigenvalue weighted by Gasteiger charge is 2.26. The van der Waals surface area contributed by atoms with Gasteiger partial charge in [-0.2, -0.15) is 0 Å². The molecule has 1 aliphatic heterocycles. The first-order valence-electron chi connectivity index (χ1n) is 5.79. The third-order valence-electron chi connectivity index (χ3n) is 3.09. The Morgan fingerprint density at radius 2 is 1.95 bits per heavy atom. The van der Waals surface area contributed by atoms with E-state index in [-0.39, 0.29) is 28.9 Å². The van der Waals surface area contributed by atoms with Crippen LogP contribution in [0.1, 0.15) is 12.8 Å². The molecule has 0 spiro atoms. The van der Waals surface area contributed by atoms with Gasteiger partial charge in [0.05, 0.1) is 16.4 Å². The fourth-order valence-electron chi connectivity index (χ4n) is 2.05. The lowest BCUT2D eigenvalue weighted by molar-refractivity contribution is -0.384. The van der Waals surface area contributed by atoms with Crippen molar-refractivity contribution in [2.75, 3.05) is 16.8 Å². The molecule has 6 nitrogen and oxygen atoms in total. The molecule has 8 heteroatoms. The van der Waals surface area contributed by atoms with Crippen molar-refractivity contribution >= 4 is 21.2 Å². The standard InChI is InChI=1S/C11H13FN2O4S/c12-9-2-1-3-10(14(15)16)11(9)13-8-4-6-19(17,18)7-5-8/h1-3,8,13H,4-7H2. The third-order valence-corrected chi connectivity index (χ3v) is 4.81. The van der Waals surface area contributed by atoms with Gasteiger partial charge in [0.1, 0.15) is 15.5 Å². The van der Waals surface area contributed by atoms with Gasteiger partial charge >= 0.3 is 0 Å². The van der Waals surface area contributed by atoms with Crippen molar-refractivity contribution in [2.24, 2.45) is 0 Å². The molecule has 0 bridgehead atoms. The highest BCUT2D eigenvalue weighted by atomic mass is 32.2. The van der Waals surface area contributed by atoms with E-state index in [1.54, 1.807) is 0 Å². The minimum absolute atomic E-state index is 0.0208. The van der Waals surface area contributed by atoms with Crippen LogP contribution < -0.4 is 5.32 Å². The monoisotopic (exact) mass is 288 g/mol. The van der Waals surface area contributed by atoms with E-state index in [2.05, 4.69) is 5.32 Å². The molecular weight excluding hydrogens is 275 g/mol. The van der Waals surface area contributed by atoms with E-state index >= 15 is 0 Å². The maximum atomic E-state index is 13.6. The molecule has 19 heavy (non-hydrogen) atoms. The zero-order valence-electron chi connectivity index (χ0n) is 10.0. The predicted octanol–water partition coefficient (Wildman–Crippen LogP) is 1.72. The molecule has 2 rings (SSSR count). The minimum atomic E-state index is -3.01. The van der Waals surface area contributed by atoms with Crippen molar-refractivity contribution in [3.8, 4) is 0 Å². The van der Waals surface area contributed by atoms with Gasteiger partial charge in [0.2, 0.25) is 0 Å². The average Bonchev–Trinajstić information content (AvgIpc) is 2.33. The number of nitrogens with one attached hydrogen (secondary N) is 1. The Kier molecular flexibility index (Phi) is 3.70. The van der Waals surface area contributed by atoms with Crippen LogP contribution in [0, 0.1) is 15.9 Å². The maximum Gasteiger partial charge on any atom is 0.295 e. The van der Waals surface area contributed by atoms with Crippen molar-refractivity contribution in [1.29, 1.82) is 0 Å². The fourth-order valence-corrected chi connectivity index (χ4v) is 3.54. The van der Waals surface area contributed by atoms with Crippen molar-refractivity contribution in [1.82, 2.24) is 0 Å². The smallest absolute Gasteiger partial charge is 0.295 e. The van der Waals surface area contributed by atoms with E-state index in [1.165, 1.54) is 12.1 Å². The highest BCUT2D eigenvalue weighted by molar-refractivity contribution is 7.91. The zero-order chi connectivity index (χ0) is 14.0. The van der Waals surface area contributed by atoms with Gasteiger partial charge in [0.15, 0.2) is 5.82 Å². The van der Waals surface area contributed by atoms with Gasteiger partial charge in [0, 0.05) is 12.1 Å². The summed E-state index contributed by atoms with van der Waals surface area (Å²) in [4.78, 5) is 10.2. The van der Waals surface area contributed by atoms with Crippen LogP contribution in [-0.4, -0.2) is 30.9 Å². The molecule has 1 aliphatic rings. The van der Waals surface area contributed by atoms with Crippen LogP contribution in [0.15, 0.2) is 18.2 Å². The Hall–Kier alpha value is -1.70. The normalized spacial score (nSPS) is 19.0. The summed E-state index contributed by atoms with van der Waals surface area (Å²) in [5, 5.41) is 13.6. The number of rotatable bonds is 3. The molecule has 104 valence electrons. The summed E-state index contributed by atoms with van der Waals surface area (Å²) in [5.41, 5.74) is -0.509. The molecular formula is C11H13FN2O4S. The number of para-hydroxylation sites is 1. The lowest BCUT2D eigenvalue weighted by Gasteiger charge is -2.24. The van der Waals surface area contributed by atoms with Gasteiger partial charge in [-0.25, -0.2) is 12.8 Å². The number of nitro groups is 1. The molecule has 0 aliphatic carbocycles. The van der Waals surface area contributed by atoms with Gasteiger partial charge in [0.25, 0.3) is 5.69 Å². The first kappa shape index (κ1) is 13.7. The number of sulfone groups is 1. The maximum absolute atomic E-state index is 13.6. The summed E-state index contributed by atoms with van der Waals surface area (Å²) in [6.45, 7) is 0. The fraction of sp³-hybridized carbons (Fsp3) is 0.455. The van der Waals surface area contributed by atoms with E-state index < -0.39 is 20.6 Å². The highest BCUT2D eigenvalue weighted by Crippen LogP contribution is 2.29. The molecule has 0 atom stereocenters. The number of hydrogen-bond donors (Lipinski definition) is 1. The molecule has 1 fully saturated rings. The first-order valence-corrected chi connectivity index (χ1v) is 7.61. The van der Waals surface area contributed by atoms with E-state index in [9.17, 15) is 22.9 Å². The second-order valence-electron chi connectivity index (χ2n) is 4.46. The topological polar surface area (TPSA) is 89.3 Å². The lowest BCUT2D eigenvalue weighted by atomic mass is 10.1. The van der Waals surface area contributed by atoms with Crippen LogP contribution >= 0.6 is 0 Å². The Bertz CT molecular complexity index is 589. The van der Waals surface area contributed by atoms with Crippen LogP contribution in [0.25, 0.3) is 0 Å². The number of hydrogen-bond acceptors (Lipinski definition) is 5.